The van der Waals surface area contributed by atoms with E-state index in [9.17, 15) is 14.4 Å². The quantitative estimate of drug-likeness (QED) is 0.424. The van der Waals surface area contributed by atoms with Gasteiger partial charge in [-0.15, -0.1) is 0 Å². The van der Waals surface area contributed by atoms with Crippen molar-refractivity contribution >= 4 is 35.2 Å². The van der Waals surface area contributed by atoms with Gasteiger partial charge in [0, 0.05) is 36.1 Å². The molecule has 0 radical (unpaired) electrons. The maximum atomic E-state index is 12.5. The van der Waals surface area contributed by atoms with Crippen molar-refractivity contribution in [3.05, 3.63) is 65.9 Å². The molecule has 0 atom stereocenters. The molecule has 1 saturated heterocycles. The second-order valence-electron chi connectivity index (χ2n) is 8.21. The van der Waals surface area contributed by atoms with Crippen LogP contribution in [0.1, 0.15) is 34.7 Å². The van der Waals surface area contributed by atoms with Gasteiger partial charge in [-0.3, -0.25) is 0 Å². The van der Waals surface area contributed by atoms with Crippen molar-refractivity contribution in [2.45, 2.75) is 13.8 Å². The van der Waals surface area contributed by atoms with Crippen LogP contribution in [0.15, 0.2) is 54.6 Å². The Kier molecular flexibility index (Phi) is 8.83. The fraction of sp³-hybridized carbons (Fsp3) is 0.296. The average molecular weight is 520 g/mol. The number of hydrogen-bond acceptors (Lipinski definition) is 9. The first-order chi connectivity index (χ1) is 18.5. The number of morpholine rings is 1. The van der Waals surface area contributed by atoms with Gasteiger partial charge in [0.2, 0.25) is 0 Å². The zero-order valence-corrected chi connectivity index (χ0v) is 21.2. The predicted octanol–water partition coefficient (Wildman–Crippen LogP) is 3.98. The predicted molar refractivity (Wildman–Crippen MR) is 141 cm³/mol. The summed E-state index contributed by atoms with van der Waals surface area (Å²) < 4.78 is 15.5. The molecule has 0 saturated carbocycles. The largest absolute Gasteiger partial charge is 0.462 e. The highest BCUT2D eigenvalue weighted by Crippen LogP contribution is 2.23. The molecule has 1 aliphatic heterocycles. The second-order valence-corrected chi connectivity index (χ2v) is 8.21. The number of nitrogens with one attached hydrogen (secondary N) is 2. The van der Waals surface area contributed by atoms with Crippen molar-refractivity contribution in [2.75, 3.05) is 55.1 Å². The van der Waals surface area contributed by atoms with E-state index >= 15 is 0 Å². The number of rotatable bonds is 8. The van der Waals surface area contributed by atoms with E-state index in [1.807, 2.05) is 4.90 Å². The minimum absolute atomic E-state index is 0.175. The summed E-state index contributed by atoms with van der Waals surface area (Å²) in [4.78, 5) is 47.8. The van der Waals surface area contributed by atoms with Gasteiger partial charge < -0.3 is 29.7 Å². The van der Waals surface area contributed by atoms with Crippen LogP contribution in [0.5, 0.6) is 0 Å². The zero-order chi connectivity index (χ0) is 26.9. The molecule has 11 nitrogen and oxygen atoms in total. The zero-order valence-electron chi connectivity index (χ0n) is 21.2. The summed E-state index contributed by atoms with van der Waals surface area (Å²) >= 11 is 0. The first kappa shape index (κ1) is 26.6. The molecule has 0 unspecified atom stereocenters. The molecule has 2 N–H and O–H groups in total. The van der Waals surface area contributed by atoms with Crippen LogP contribution in [0.3, 0.4) is 0 Å². The van der Waals surface area contributed by atoms with E-state index in [1.165, 1.54) is 0 Å². The van der Waals surface area contributed by atoms with Gasteiger partial charge in [-0.1, -0.05) is 0 Å². The summed E-state index contributed by atoms with van der Waals surface area (Å²) in [6.07, 6.45) is 0. The van der Waals surface area contributed by atoms with Gasteiger partial charge in [0.25, 0.3) is 0 Å². The number of anilines is 3. The number of carbonyl (C=O) groups is 3. The lowest BCUT2D eigenvalue weighted by atomic mass is 10.2. The lowest BCUT2D eigenvalue weighted by Crippen LogP contribution is -2.37. The monoisotopic (exact) mass is 519 g/mol. The van der Waals surface area contributed by atoms with Crippen LogP contribution in [0, 0.1) is 0 Å². The normalized spacial score (nSPS) is 12.9. The minimum atomic E-state index is -0.518. The van der Waals surface area contributed by atoms with E-state index in [0.717, 1.165) is 0 Å². The third kappa shape index (κ3) is 6.83. The Morgan fingerprint density at radius 1 is 0.842 bits per heavy atom. The highest BCUT2D eigenvalue weighted by atomic mass is 16.5. The number of urea groups is 1. The number of esters is 2. The fourth-order valence-electron chi connectivity index (χ4n) is 3.73. The summed E-state index contributed by atoms with van der Waals surface area (Å²) in [5.74, 6) is 0.0555. The van der Waals surface area contributed by atoms with Crippen LogP contribution in [-0.4, -0.2) is 67.5 Å². The number of hydrogen-bond donors (Lipinski definition) is 2. The molecule has 1 aromatic heterocycles. The van der Waals surface area contributed by atoms with Crippen LogP contribution >= 0.6 is 0 Å². The first-order valence-corrected chi connectivity index (χ1v) is 12.3. The van der Waals surface area contributed by atoms with Crippen LogP contribution in [0.25, 0.3) is 11.4 Å². The van der Waals surface area contributed by atoms with Gasteiger partial charge in [0.15, 0.2) is 11.5 Å². The summed E-state index contributed by atoms with van der Waals surface area (Å²) in [6.45, 7) is 6.47. The molecule has 11 heteroatoms. The topological polar surface area (TPSA) is 132 Å². The molecule has 1 aliphatic rings. The number of ether oxygens (including phenoxy) is 3. The van der Waals surface area contributed by atoms with Crippen LogP contribution in [-0.2, 0) is 14.2 Å². The van der Waals surface area contributed by atoms with Crippen LogP contribution < -0.4 is 15.5 Å². The molecule has 198 valence electrons. The lowest BCUT2D eigenvalue weighted by Gasteiger charge is -2.28. The molecular formula is C27H29N5O6. The van der Waals surface area contributed by atoms with Crippen molar-refractivity contribution in [1.82, 2.24) is 9.97 Å². The molecular weight excluding hydrogens is 490 g/mol. The van der Waals surface area contributed by atoms with E-state index in [2.05, 4.69) is 20.6 Å². The Labute approximate surface area is 220 Å². The third-order valence-corrected chi connectivity index (χ3v) is 5.59. The minimum Gasteiger partial charge on any atom is -0.462 e. The molecule has 2 amide bonds. The third-order valence-electron chi connectivity index (χ3n) is 5.59. The van der Waals surface area contributed by atoms with Gasteiger partial charge in [-0.2, -0.15) is 0 Å². The Balaban J connectivity index is 1.45. The molecule has 0 spiro atoms. The highest BCUT2D eigenvalue weighted by molar-refractivity contribution is 6.00. The summed E-state index contributed by atoms with van der Waals surface area (Å²) in [5, 5.41) is 5.47. The second kappa shape index (κ2) is 12.6. The number of carbonyl (C=O) groups excluding carboxylic acids is 3. The summed E-state index contributed by atoms with van der Waals surface area (Å²) in [6, 6.07) is 14.5. The molecule has 2 heterocycles. The standard InChI is InChI=1S/C27H29N5O6/c1-3-37-25(33)19-7-11-21(12-8-19)29-27(35)28-20-9-5-18(6-10-20)24-30-22(26(34)38-4-2)17-23(31-24)32-13-15-36-16-14-32/h5-12,17H,3-4,13-16H2,1-2H3,(H2,28,29,35). The van der Waals surface area contributed by atoms with Gasteiger partial charge in [0.1, 0.15) is 5.82 Å². The maximum absolute atomic E-state index is 12.5. The van der Waals surface area contributed by atoms with E-state index in [1.54, 1.807) is 68.4 Å². The van der Waals surface area contributed by atoms with Crippen LogP contribution in [0.2, 0.25) is 0 Å². The van der Waals surface area contributed by atoms with E-state index in [-0.39, 0.29) is 18.9 Å². The number of nitrogens with zero attached hydrogens (tertiary/aromatic N) is 3. The van der Waals surface area contributed by atoms with Crippen molar-refractivity contribution in [3.8, 4) is 11.4 Å². The molecule has 3 aromatic rings. The van der Waals surface area contributed by atoms with E-state index < -0.39 is 18.0 Å². The fourth-order valence-corrected chi connectivity index (χ4v) is 3.73. The Bertz CT molecular complexity index is 1270. The van der Waals surface area contributed by atoms with E-state index in [0.29, 0.717) is 60.4 Å². The lowest BCUT2D eigenvalue weighted by molar-refractivity contribution is 0.0513. The van der Waals surface area contributed by atoms with Crippen molar-refractivity contribution < 1.29 is 28.6 Å². The maximum Gasteiger partial charge on any atom is 0.357 e. The highest BCUT2D eigenvalue weighted by Gasteiger charge is 2.19. The molecule has 1 fully saturated rings. The summed E-state index contributed by atoms with van der Waals surface area (Å²) in [7, 11) is 0. The average Bonchev–Trinajstić information content (AvgIpc) is 2.94. The van der Waals surface area contributed by atoms with Crippen LogP contribution in [0.4, 0.5) is 22.0 Å². The number of amides is 2. The molecule has 4 rings (SSSR count). The Morgan fingerprint density at radius 2 is 1.42 bits per heavy atom. The van der Waals surface area contributed by atoms with Gasteiger partial charge >= 0.3 is 18.0 Å². The molecule has 38 heavy (non-hydrogen) atoms. The smallest absolute Gasteiger partial charge is 0.357 e. The summed E-state index contributed by atoms with van der Waals surface area (Å²) in [5.41, 5.74) is 2.32. The SMILES string of the molecule is CCOC(=O)c1ccc(NC(=O)Nc2ccc(-c3nc(C(=O)OCC)cc(N4CCOCC4)n3)cc2)cc1. The Morgan fingerprint density at radius 3 is 2.03 bits per heavy atom. The van der Waals surface area contributed by atoms with Crippen molar-refractivity contribution in [1.29, 1.82) is 0 Å². The molecule has 0 bridgehead atoms. The molecule has 0 aliphatic carbocycles. The van der Waals surface area contributed by atoms with Gasteiger partial charge in [-0.05, 0) is 62.4 Å². The van der Waals surface area contributed by atoms with Crippen molar-refractivity contribution in [2.24, 2.45) is 0 Å². The van der Waals surface area contributed by atoms with Gasteiger partial charge in [0.05, 0.1) is 32.0 Å². The Hall–Kier alpha value is -4.51. The molecule has 2 aromatic carbocycles. The van der Waals surface area contributed by atoms with Crippen molar-refractivity contribution in [3.63, 3.8) is 0 Å². The number of benzene rings is 2. The van der Waals surface area contributed by atoms with Gasteiger partial charge in [-0.25, -0.2) is 24.4 Å². The first-order valence-electron chi connectivity index (χ1n) is 12.3. The van der Waals surface area contributed by atoms with E-state index in [4.69, 9.17) is 14.2 Å². The number of aromatic nitrogens is 2.